The van der Waals surface area contributed by atoms with Gasteiger partial charge in [-0.15, -0.1) is 0 Å². The van der Waals surface area contributed by atoms with Crippen LogP contribution >= 0.6 is 0 Å². The summed E-state index contributed by atoms with van der Waals surface area (Å²) in [5.74, 6) is 0.399. The lowest BCUT2D eigenvalue weighted by molar-refractivity contribution is 0.0947. The van der Waals surface area contributed by atoms with E-state index in [1.165, 1.54) is 0 Å². The molecular formula is C15H20N2O3S. The summed E-state index contributed by atoms with van der Waals surface area (Å²) in [6.07, 6.45) is 2.58. The summed E-state index contributed by atoms with van der Waals surface area (Å²) in [6.45, 7) is 1.38. The van der Waals surface area contributed by atoms with Crippen LogP contribution in [-0.4, -0.2) is 38.9 Å². The molecule has 1 aromatic carbocycles. The Morgan fingerprint density at radius 1 is 1.38 bits per heavy atom. The predicted octanol–water partition coefficient (Wildman–Crippen LogP) is 1.21. The molecule has 0 radical (unpaired) electrons. The molecule has 114 valence electrons. The van der Waals surface area contributed by atoms with Crippen molar-refractivity contribution in [1.29, 1.82) is 0 Å². The van der Waals surface area contributed by atoms with E-state index in [2.05, 4.69) is 10.6 Å². The molecule has 6 heteroatoms. The number of carbonyl (C=O) groups excluding carboxylic acids is 1. The number of amides is 1. The van der Waals surface area contributed by atoms with Crippen LogP contribution in [-0.2, 0) is 16.3 Å². The van der Waals surface area contributed by atoms with Crippen LogP contribution in [0.2, 0.25) is 0 Å². The van der Waals surface area contributed by atoms with Crippen LogP contribution in [0.4, 0.5) is 5.69 Å². The fourth-order valence-electron chi connectivity index (χ4n) is 3.09. The van der Waals surface area contributed by atoms with Gasteiger partial charge in [-0.3, -0.25) is 4.79 Å². The molecule has 0 saturated carbocycles. The van der Waals surface area contributed by atoms with E-state index in [9.17, 15) is 13.2 Å². The minimum Gasteiger partial charge on any atom is -0.385 e. The van der Waals surface area contributed by atoms with Crippen LogP contribution in [0.1, 0.15) is 28.8 Å². The van der Waals surface area contributed by atoms with Crippen LogP contribution < -0.4 is 10.6 Å². The van der Waals surface area contributed by atoms with Crippen molar-refractivity contribution in [2.24, 2.45) is 5.92 Å². The zero-order chi connectivity index (χ0) is 14.9. The van der Waals surface area contributed by atoms with E-state index in [-0.39, 0.29) is 23.3 Å². The Hall–Kier alpha value is -1.56. The number of hydrogen-bond donors (Lipinski definition) is 2. The van der Waals surface area contributed by atoms with E-state index in [1.54, 1.807) is 0 Å². The van der Waals surface area contributed by atoms with Crippen LogP contribution in [0, 0.1) is 5.92 Å². The smallest absolute Gasteiger partial charge is 0.251 e. The van der Waals surface area contributed by atoms with Crippen LogP contribution in [0.3, 0.4) is 0 Å². The molecule has 0 bridgehead atoms. The fourth-order valence-corrected chi connectivity index (χ4v) is 4.95. The summed E-state index contributed by atoms with van der Waals surface area (Å²) in [5, 5.41) is 6.20. The highest BCUT2D eigenvalue weighted by molar-refractivity contribution is 7.91. The van der Waals surface area contributed by atoms with Gasteiger partial charge >= 0.3 is 0 Å². The van der Waals surface area contributed by atoms with Crippen LogP contribution in [0.25, 0.3) is 0 Å². The minimum absolute atomic E-state index is 0.0524. The summed E-state index contributed by atoms with van der Waals surface area (Å²) in [7, 11) is -2.88. The van der Waals surface area contributed by atoms with Gasteiger partial charge in [-0.1, -0.05) is 6.07 Å². The third-order valence-electron chi connectivity index (χ3n) is 4.22. The van der Waals surface area contributed by atoms with Crippen LogP contribution in [0.5, 0.6) is 0 Å². The molecule has 2 aliphatic heterocycles. The lowest BCUT2D eigenvalue weighted by atomic mass is 9.97. The van der Waals surface area contributed by atoms with Crippen molar-refractivity contribution >= 4 is 21.4 Å². The molecule has 2 N–H and O–H groups in total. The van der Waals surface area contributed by atoms with Gasteiger partial charge < -0.3 is 10.6 Å². The molecule has 21 heavy (non-hydrogen) atoms. The van der Waals surface area contributed by atoms with Crippen molar-refractivity contribution in [2.75, 3.05) is 29.9 Å². The average Bonchev–Trinajstić information content (AvgIpc) is 2.83. The number of anilines is 1. The third kappa shape index (κ3) is 3.20. The zero-order valence-corrected chi connectivity index (χ0v) is 12.7. The molecule has 5 nitrogen and oxygen atoms in total. The number of nitrogens with one attached hydrogen (secondary N) is 2. The Balaban J connectivity index is 1.66. The second kappa shape index (κ2) is 5.67. The first-order valence-electron chi connectivity index (χ1n) is 7.39. The molecule has 2 heterocycles. The summed E-state index contributed by atoms with van der Waals surface area (Å²) in [4.78, 5) is 12.3. The molecule has 1 aromatic rings. The number of rotatable bonds is 3. The third-order valence-corrected chi connectivity index (χ3v) is 6.05. The van der Waals surface area contributed by atoms with Gasteiger partial charge in [-0.25, -0.2) is 8.42 Å². The Kier molecular flexibility index (Phi) is 3.89. The van der Waals surface area contributed by atoms with Gasteiger partial charge in [-0.05, 0) is 42.9 Å². The lowest BCUT2D eigenvalue weighted by Crippen LogP contribution is -2.31. The highest BCUT2D eigenvalue weighted by Gasteiger charge is 2.28. The Bertz CT molecular complexity index is 655. The van der Waals surface area contributed by atoms with Gasteiger partial charge in [0.15, 0.2) is 9.84 Å². The second-order valence-electron chi connectivity index (χ2n) is 5.84. The Morgan fingerprint density at radius 2 is 2.24 bits per heavy atom. The Labute approximate surface area is 125 Å². The minimum atomic E-state index is -2.88. The van der Waals surface area contributed by atoms with Crippen molar-refractivity contribution in [3.05, 3.63) is 29.3 Å². The van der Waals surface area contributed by atoms with Gasteiger partial charge in [0.2, 0.25) is 0 Å². The van der Waals surface area contributed by atoms with Gasteiger partial charge in [0.05, 0.1) is 11.5 Å². The number of carbonyl (C=O) groups is 1. The lowest BCUT2D eigenvalue weighted by Gasteiger charge is -2.21. The zero-order valence-electron chi connectivity index (χ0n) is 11.9. The first kappa shape index (κ1) is 14.4. The van der Waals surface area contributed by atoms with E-state index >= 15 is 0 Å². The quantitative estimate of drug-likeness (QED) is 0.880. The molecule has 1 saturated heterocycles. The van der Waals surface area contributed by atoms with Crippen molar-refractivity contribution in [1.82, 2.24) is 5.32 Å². The molecule has 0 spiro atoms. The van der Waals surface area contributed by atoms with Crippen molar-refractivity contribution in [3.63, 3.8) is 0 Å². The predicted molar refractivity (Wildman–Crippen MR) is 82.3 cm³/mol. The summed E-state index contributed by atoms with van der Waals surface area (Å²) < 4.78 is 22.9. The van der Waals surface area contributed by atoms with Gasteiger partial charge in [0, 0.05) is 24.3 Å². The number of fused-ring (bicyclic) bond motifs is 1. The molecule has 0 aromatic heterocycles. The number of sulfone groups is 1. The molecule has 3 rings (SSSR count). The van der Waals surface area contributed by atoms with Gasteiger partial charge in [0.25, 0.3) is 5.91 Å². The maximum atomic E-state index is 12.3. The molecule has 1 amide bonds. The molecule has 1 atom stereocenters. The highest BCUT2D eigenvalue weighted by Crippen LogP contribution is 2.25. The normalized spacial score (nSPS) is 23.1. The van der Waals surface area contributed by atoms with Crippen molar-refractivity contribution in [3.8, 4) is 0 Å². The topological polar surface area (TPSA) is 75.3 Å². The standard InChI is InChI=1S/C15H20N2O3S/c18-15(17-9-11-6-8-21(19,20)10-11)13-3-1-5-14-12(13)4-2-7-16-14/h1,3,5,11,16H,2,4,6-10H2,(H,17,18). The highest BCUT2D eigenvalue weighted by atomic mass is 32.2. The molecule has 0 aliphatic carbocycles. The van der Waals surface area contributed by atoms with Gasteiger partial charge in [0.1, 0.15) is 0 Å². The number of benzene rings is 1. The summed E-state index contributed by atoms with van der Waals surface area (Å²) >= 11 is 0. The van der Waals surface area contributed by atoms with E-state index in [0.717, 1.165) is 30.6 Å². The fraction of sp³-hybridized carbons (Fsp3) is 0.533. The van der Waals surface area contributed by atoms with Crippen molar-refractivity contribution in [2.45, 2.75) is 19.3 Å². The SMILES string of the molecule is O=C(NCC1CCS(=O)(=O)C1)c1cccc2c1CCCN2. The maximum Gasteiger partial charge on any atom is 0.251 e. The average molecular weight is 308 g/mol. The van der Waals surface area contributed by atoms with Crippen molar-refractivity contribution < 1.29 is 13.2 Å². The first-order valence-corrected chi connectivity index (χ1v) is 9.22. The number of hydrogen-bond acceptors (Lipinski definition) is 4. The Morgan fingerprint density at radius 3 is 3.00 bits per heavy atom. The van der Waals surface area contributed by atoms with E-state index < -0.39 is 9.84 Å². The first-order chi connectivity index (χ1) is 10.1. The maximum absolute atomic E-state index is 12.3. The molecule has 1 unspecified atom stereocenters. The summed E-state index contributed by atoms with van der Waals surface area (Å²) in [5.41, 5.74) is 2.82. The molecule has 2 aliphatic rings. The van der Waals surface area contributed by atoms with E-state index in [1.807, 2.05) is 18.2 Å². The van der Waals surface area contributed by atoms with E-state index in [0.29, 0.717) is 18.5 Å². The van der Waals surface area contributed by atoms with Gasteiger partial charge in [-0.2, -0.15) is 0 Å². The molecule has 1 fully saturated rings. The summed E-state index contributed by atoms with van der Waals surface area (Å²) in [6, 6.07) is 5.72. The molecular weight excluding hydrogens is 288 g/mol. The monoisotopic (exact) mass is 308 g/mol. The largest absolute Gasteiger partial charge is 0.385 e. The van der Waals surface area contributed by atoms with Crippen LogP contribution in [0.15, 0.2) is 18.2 Å². The second-order valence-corrected chi connectivity index (χ2v) is 8.07. The van der Waals surface area contributed by atoms with E-state index in [4.69, 9.17) is 0 Å².